The number of benzene rings is 1. The molecule has 2 aliphatic carbocycles. The summed E-state index contributed by atoms with van der Waals surface area (Å²) >= 11 is 7.23. The number of fused-ring (bicyclic) bond motifs is 3. The molecule has 0 fully saturated rings. The highest BCUT2D eigenvalue weighted by Crippen LogP contribution is 2.58. The highest BCUT2D eigenvalue weighted by atomic mass is 79.9. The van der Waals surface area contributed by atoms with Gasteiger partial charge >= 0.3 is 0 Å². The Morgan fingerprint density at radius 3 is 2.81 bits per heavy atom. The zero-order valence-corrected chi connectivity index (χ0v) is 15.3. The van der Waals surface area contributed by atoms with Crippen LogP contribution in [0.5, 0.6) is 0 Å². The maximum absolute atomic E-state index is 12.2. The Morgan fingerprint density at radius 2 is 2.10 bits per heavy atom. The van der Waals surface area contributed by atoms with Crippen LogP contribution in [0, 0.1) is 5.41 Å². The SMILES string of the molecule is CCCCC12CCC(=O)C(Br)=C1c1ccc(N)c(Br)c1C2. The summed E-state index contributed by atoms with van der Waals surface area (Å²) in [6.07, 6.45) is 6.11. The van der Waals surface area contributed by atoms with Gasteiger partial charge in [-0.05, 0) is 73.9 Å². The van der Waals surface area contributed by atoms with Gasteiger partial charge in [-0.15, -0.1) is 0 Å². The molecule has 4 heteroatoms. The lowest BCUT2D eigenvalue weighted by atomic mass is 9.69. The van der Waals surface area contributed by atoms with Crippen molar-refractivity contribution in [3.63, 3.8) is 0 Å². The first-order valence-electron chi connectivity index (χ1n) is 7.51. The second kappa shape index (κ2) is 5.54. The number of unbranched alkanes of at least 4 members (excludes halogenated alkanes) is 1. The molecule has 1 unspecified atom stereocenters. The summed E-state index contributed by atoms with van der Waals surface area (Å²) in [5.74, 6) is 0.234. The Hall–Kier alpha value is -0.610. The molecule has 1 aromatic rings. The number of anilines is 1. The van der Waals surface area contributed by atoms with Gasteiger partial charge in [0.1, 0.15) is 0 Å². The number of hydrogen-bond donors (Lipinski definition) is 1. The molecular weight excluding hydrogens is 394 g/mol. The van der Waals surface area contributed by atoms with Crippen LogP contribution in [0.2, 0.25) is 0 Å². The number of nitrogens with two attached hydrogens (primary N) is 1. The fourth-order valence-corrected chi connectivity index (χ4v) is 5.10. The minimum absolute atomic E-state index is 0.113. The van der Waals surface area contributed by atoms with E-state index in [0.29, 0.717) is 6.42 Å². The molecule has 0 spiro atoms. The van der Waals surface area contributed by atoms with E-state index in [4.69, 9.17) is 5.73 Å². The quantitative estimate of drug-likeness (QED) is 0.690. The molecule has 1 atom stereocenters. The average molecular weight is 413 g/mol. The third-order valence-corrected chi connectivity index (χ3v) is 6.67. The standard InChI is InChI=1S/C17H19Br2NO/c1-2-3-7-17-8-6-13(21)16(19)14(17)10-4-5-12(20)15(18)11(10)9-17/h4-5H,2-3,6-9,20H2,1H3. The van der Waals surface area contributed by atoms with E-state index in [1.54, 1.807) is 0 Å². The van der Waals surface area contributed by atoms with Gasteiger partial charge < -0.3 is 5.73 Å². The number of carbonyl (C=O) groups excluding carboxylic acids is 1. The van der Waals surface area contributed by atoms with Gasteiger partial charge in [0.2, 0.25) is 0 Å². The predicted molar refractivity (Wildman–Crippen MR) is 94.3 cm³/mol. The van der Waals surface area contributed by atoms with Gasteiger partial charge in [0, 0.05) is 22.0 Å². The van der Waals surface area contributed by atoms with E-state index in [2.05, 4.69) is 44.8 Å². The van der Waals surface area contributed by atoms with Crippen LogP contribution in [0.3, 0.4) is 0 Å². The fraction of sp³-hybridized carbons (Fsp3) is 0.471. The van der Waals surface area contributed by atoms with Crippen LogP contribution < -0.4 is 5.73 Å². The van der Waals surface area contributed by atoms with Crippen LogP contribution in [0.1, 0.15) is 50.2 Å². The van der Waals surface area contributed by atoms with Crippen LogP contribution >= 0.6 is 31.9 Å². The monoisotopic (exact) mass is 411 g/mol. The lowest BCUT2D eigenvalue weighted by molar-refractivity contribution is -0.115. The van der Waals surface area contributed by atoms with Crippen molar-refractivity contribution in [3.8, 4) is 0 Å². The number of allylic oxidation sites excluding steroid dienone is 2. The summed E-state index contributed by atoms with van der Waals surface area (Å²) in [5.41, 5.74) is 10.6. The molecule has 0 amide bonds. The number of nitrogen functional groups attached to an aromatic ring is 1. The lowest BCUT2D eigenvalue weighted by Crippen LogP contribution is -2.27. The maximum Gasteiger partial charge on any atom is 0.170 e. The van der Waals surface area contributed by atoms with Crippen LogP contribution in [-0.2, 0) is 11.2 Å². The zero-order valence-electron chi connectivity index (χ0n) is 12.1. The van der Waals surface area contributed by atoms with Crippen molar-refractivity contribution in [2.45, 2.75) is 45.4 Å². The Bertz CT molecular complexity index is 650. The van der Waals surface area contributed by atoms with Crippen molar-refractivity contribution in [1.29, 1.82) is 0 Å². The van der Waals surface area contributed by atoms with Gasteiger partial charge in [-0.3, -0.25) is 4.79 Å². The van der Waals surface area contributed by atoms with E-state index in [0.717, 1.165) is 33.9 Å². The smallest absolute Gasteiger partial charge is 0.170 e. The van der Waals surface area contributed by atoms with Gasteiger partial charge in [-0.25, -0.2) is 0 Å². The van der Waals surface area contributed by atoms with Crippen LogP contribution in [0.15, 0.2) is 21.1 Å². The van der Waals surface area contributed by atoms with E-state index in [1.165, 1.54) is 29.5 Å². The second-order valence-corrected chi connectivity index (χ2v) is 7.75. The van der Waals surface area contributed by atoms with Crippen molar-refractivity contribution in [2.24, 2.45) is 5.41 Å². The van der Waals surface area contributed by atoms with Gasteiger partial charge in [-0.2, -0.15) is 0 Å². The average Bonchev–Trinajstić information content (AvgIpc) is 2.81. The summed E-state index contributed by atoms with van der Waals surface area (Å²) < 4.78 is 1.80. The Balaban J connectivity index is 2.19. The number of carbonyl (C=O) groups is 1. The largest absolute Gasteiger partial charge is 0.398 e. The van der Waals surface area contributed by atoms with Crippen molar-refractivity contribution >= 4 is 48.9 Å². The minimum atomic E-state index is 0.113. The number of rotatable bonds is 3. The molecule has 0 saturated heterocycles. The molecule has 0 heterocycles. The molecule has 3 rings (SSSR count). The molecule has 0 saturated carbocycles. The van der Waals surface area contributed by atoms with E-state index in [-0.39, 0.29) is 11.2 Å². The van der Waals surface area contributed by atoms with E-state index in [9.17, 15) is 4.79 Å². The number of hydrogen-bond acceptors (Lipinski definition) is 2. The summed E-state index contributed by atoms with van der Waals surface area (Å²) in [4.78, 5) is 12.2. The molecule has 2 nitrogen and oxygen atoms in total. The first-order chi connectivity index (χ1) is 10.00. The van der Waals surface area contributed by atoms with E-state index >= 15 is 0 Å². The number of halogens is 2. The van der Waals surface area contributed by atoms with E-state index < -0.39 is 0 Å². The van der Waals surface area contributed by atoms with Crippen molar-refractivity contribution < 1.29 is 4.79 Å². The maximum atomic E-state index is 12.2. The van der Waals surface area contributed by atoms with Gasteiger partial charge in [0.25, 0.3) is 0 Å². The molecular formula is C17H19Br2NO. The fourth-order valence-electron chi connectivity index (χ4n) is 3.78. The molecule has 2 aliphatic rings. The lowest BCUT2D eigenvalue weighted by Gasteiger charge is -2.35. The van der Waals surface area contributed by atoms with Gasteiger partial charge in [0.15, 0.2) is 5.78 Å². The zero-order chi connectivity index (χ0) is 15.2. The Morgan fingerprint density at radius 1 is 1.33 bits per heavy atom. The Labute approximate surface area is 142 Å². The normalized spacial score (nSPS) is 24.2. The molecule has 112 valence electrons. The molecule has 0 aromatic heterocycles. The van der Waals surface area contributed by atoms with Crippen LogP contribution in [-0.4, -0.2) is 5.78 Å². The number of Topliss-reactive ketones (excluding diaryl/α,β-unsaturated/α-hetero) is 1. The summed E-state index contributed by atoms with van der Waals surface area (Å²) in [7, 11) is 0. The third-order valence-electron chi connectivity index (χ3n) is 4.89. The molecule has 21 heavy (non-hydrogen) atoms. The predicted octanol–water partition coefficient (Wildman–Crippen LogP) is 5.23. The highest BCUT2D eigenvalue weighted by Gasteiger charge is 2.46. The topological polar surface area (TPSA) is 43.1 Å². The first-order valence-corrected chi connectivity index (χ1v) is 9.09. The molecule has 0 radical (unpaired) electrons. The first kappa shape index (κ1) is 15.3. The summed E-state index contributed by atoms with van der Waals surface area (Å²) in [6.45, 7) is 2.22. The van der Waals surface area contributed by atoms with Crippen LogP contribution in [0.4, 0.5) is 5.69 Å². The van der Waals surface area contributed by atoms with E-state index in [1.807, 2.05) is 6.07 Å². The number of ketones is 1. The summed E-state index contributed by atoms with van der Waals surface area (Å²) in [6, 6.07) is 4.02. The van der Waals surface area contributed by atoms with Crippen LogP contribution in [0.25, 0.3) is 5.57 Å². The third kappa shape index (κ3) is 2.31. The Kier molecular flexibility index (Phi) is 4.04. The highest BCUT2D eigenvalue weighted by molar-refractivity contribution is 9.12. The van der Waals surface area contributed by atoms with Crippen molar-refractivity contribution in [3.05, 3.63) is 32.2 Å². The van der Waals surface area contributed by atoms with Crippen molar-refractivity contribution in [2.75, 3.05) is 5.73 Å². The molecule has 2 N–H and O–H groups in total. The van der Waals surface area contributed by atoms with Crippen molar-refractivity contribution in [1.82, 2.24) is 0 Å². The summed E-state index contributed by atoms with van der Waals surface area (Å²) in [5, 5.41) is 0. The molecule has 0 bridgehead atoms. The minimum Gasteiger partial charge on any atom is -0.398 e. The molecule has 1 aromatic carbocycles. The van der Waals surface area contributed by atoms with Gasteiger partial charge in [-0.1, -0.05) is 25.8 Å². The molecule has 0 aliphatic heterocycles. The second-order valence-electron chi connectivity index (χ2n) is 6.17. The van der Waals surface area contributed by atoms with Gasteiger partial charge in [0.05, 0.1) is 4.48 Å².